The Balaban J connectivity index is 1.61. The van der Waals surface area contributed by atoms with Crippen LogP contribution in [-0.2, 0) is 0 Å². The summed E-state index contributed by atoms with van der Waals surface area (Å²) in [6.07, 6.45) is 0. The van der Waals surface area contributed by atoms with Crippen LogP contribution in [0.15, 0.2) is 151 Å². The molecular formula is C34H25N. The Morgan fingerprint density at radius 1 is 0.457 bits per heavy atom. The van der Waals surface area contributed by atoms with Gasteiger partial charge in [0.25, 0.3) is 0 Å². The monoisotopic (exact) mass is 456 g/mol. The number of nitrogens with zero attached hydrogens (tertiary/aromatic N) is 1. The van der Waals surface area contributed by atoms with Crippen LogP contribution in [0.4, 0.5) is 17.1 Å². The van der Waals surface area contributed by atoms with Crippen molar-refractivity contribution in [2.24, 2.45) is 0 Å². The van der Waals surface area contributed by atoms with Gasteiger partial charge in [0.2, 0.25) is 0 Å². The first-order valence-electron chi connectivity index (χ1n) is 15.7. The summed E-state index contributed by atoms with van der Waals surface area (Å²) in [6.45, 7) is 0. The minimum absolute atomic E-state index is 0.0302. The summed E-state index contributed by atoms with van der Waals surface area (Å²) in [7, 11) is 0. The molecule has 6 aromatic rings. The predicted octanol–water partition coefficient (Wildman–Crippen LogP) is 9.64. The third kappa shape index (κ3) is 4.20. The molecule has 0 aliphatic carbocycles. The molecular weight excluding hydrogens is 422 g/mol. The molecule has 0 fully saturated rings. The summed E-state index contributed by atoms with van der Waals surface area (Å²) in [5, 5.41) is 2.14. The largest absolute Gasteiger partial charge is 0.310 e. The van der Waals surface area contributed by atoms with E-state index in [9.17, 15) is 0 Å². The zero-order valence-corrected chi connectivity index (χ0v) is 18.7. The molecule has 0 aliphatic heterocycles. The maximum Gasteiger partial charge on any atom is 0.0645 e. The highest BCUT2D eigenvalue weighted by molar-refractivity contribution is 5.97. The van der Waals surface area contributed by atoms with Crippen LogP contribution in [0.5, 0.6) is 0 Å². The Hall–Kier alpha value is -4.62. The normalized spacial score (nSPS) is 14.5. The van der Waals surface area contributed by atoms with Gasteiger partial charge in [0.05, 0.1) is 12.3 Å². The van der Waals surface area contributed by atoms with Gasteiger partial charge in [0.1, 0.15) is 0 Å². The van der Waals surface area contributed by atoms with Gasteiger partial charge < -0.3 is 4.90 Å². The van der Waals surface area contributed by atoms with Gasteiger partial charge in [0.15, 0.2) is 0 Å². The molecule has 0 saturated carbocycles. The molecule has 35 heavy (non-hydrogen) atoms. The maximum absolute atomic E-state index is 9.08. The molecule has 6 rings (SSSR count). The molecule has 166 valence electrons. The lowest BCUT2D eigenvalue weighted by molar-refractivity contribution is 1.28. The van der Waals surface area contributed by atoms with Crippen LogP contribution < -0.4 is 4.90 Å². The maximum atomic E-state index is 9.08. The van der Waals surface area contributed by atoms with Crippen molar-refractivity contribution < 1.29 is 12.3 Å². The smallest absolute Gasteiger partial charge is 0.0645 e. The molecule has 0 amide bonds. The number of anilines is 3. The third-order valence-corrected chi connectivity index (χ3v) is 5.80. The molecule has 0 radical (unpaired) electrons. The molecule has 0 N–H and O–H groups in total. The van der Waals surface area contributed by atoms with Crippen LogP contribution in [0.2, 0.25) is 0 Å². The Kier molecular flexibility index (Phi) is 3.55. The van der Waals surface area contributed by atoms with Crippen LogP contribution in [0, 0.1) is 0 Å². The van der Waals surface area contributed by atoms with E-state index in [0.29, 0.717) is 11.4 Å². The Morgan fingerprint density at radius 3 is 1.94 bits per heavy atom. The van der Waals surface area contributed by atoms with E-state index in [2.05, 4.69) is 0 Å². The van der Waals surface area contributed by atoms with E-state index in [-0.39, 0.29) is 16.8 Å². The molecule has 0 bridgehead atoms. The van der Waals surface area contributed by atoms with Crippen molar-refractivity contribution in [1.29, 1.82) is 0 Å². The van der Waals surface area contributed by atoms with E-state index < -0.39 is 54.4 Å². The average Bonchev–Trinajstić information content (AvgIpc) is 3.05. The fourth-order valence-electron chi connectivity index (χ4n) is 4.19. The highest BCUT2D eigenvalue weighted by atomic mass is 15.1. The van der Waals surface area contributed by atoms with E-state index in [1.807, 2.05) is 84.9 Å². The van der Waals surface area contributed by atoms with Gasteiger partial charge in [-0.25, -0.2) is 0 Å². The fourth-order valence-corrected chi connectivity index (χ4v) is 4.19. The average molecular weight is 457 g/mol. The topological polar surface area (TPSA) is 3.24 Å². The molecule has 1 heteroatoms. The molecule has 0 heterocycles. The Labute approximate surface area is 219 Å². The first kappa shape index (κ1) is 13.3. The Bertz CT molecular complexity index is 2010. The van der Waals surface area contributed by atoms with Crippen LogP contribution in [-0.4, -0.2) is 0 Å². The van der Waals surface area contributed by atoms with E-state index in [0.717, 1.165) is 21.9 Å². The van der Waals surface area contributed by atoms with Crippen molar-refractivity contribution in [1.82, 2.24) is 0 Å². The molecule has 0 saturated heterocycles. The van der Waals surface area contributed by atoms with Crippen molar-refractivity contribution in [2.45, 2.75) is 0 Å². The minimum atomic E-state index is -0.613. The van der Waals surface area contributed by atoms with E-state index >= 15 is 0 Å². The van der Waals surface area contributed by atoms with Gasteiger partial charge in [-0.2, -0.15) is 0 Å². The SMILES string of the molecule is [2H]c1c([2H])c([2H])c(-c2c([2H])c([2H])c(N(c3ccccc3)c3cccc(-c4cccc5ccccc45)c3)c([2H])c2[2H])c([2H])c1[2H]. The first-order valence-corrected chi connectivity index (χ1v) is 11.2. The van der Waals surface area contributed by atoms with Crippen molar-refractivity contribution in [3.8, 4) is 22.3 Å². The van der Waals surface area contributed by atoms with Gasteiger partial charge in [-0.15, -0.1) is 0 Å². The highest BCUT2D eigenvalue weighted by Crippen LogP contribution is 2.38. The summed E-state index contributed by atoms with van der Waals surface area (Å²) >= 11 is 0. The van der Waals surface area contributed by atoms with Crippen molar-refractivity contribution in [3.05, 3.63) is 151 Å². The zero-order valence-electron chi connectivity index (χ0n) is 27.7. The lowest BCUT2D eigenvalue weighted by Gasteiger charge is -2.26. The quantitative estimate of drug-likeness (QED) is 0.249. The fraction of sp³-hybridized carbons (Fsp3) is 0. The van der Waals surface area contributed by atoms with Gasteiger partial charge >= 0.3 is 0 Å². The molecule has 0 atom stereocenters. The predicted molar refractivity (Wildman–Crippen MR) is 150 cm³/mol. The first-order chi connectivity index (χ1) is 21.1. The van der Waals surface area contributed by atoms with Gasteiger partial charge in [-0.05, 0) is 69.4 Å². The molecule has 1 nitrogen and oxygen atoms in total. The standard InChI is InChI=1S/C34H25N/c1-3-11-26(12-4-1)27-21-23-31(24-22-27)35(30-16-5-2-6-17-30)32-18-9-15-29(25-32)34-20-10-14-28-13-7-8-19-33(28)34/h1-25H/i1D,3D,4D,11D,12D,21D,22D,23D,24D. The molecule has 0 spiro atoms. The molecule has 0 aliphatic rings. The van der Waals surface area contributed by atoms with Crippen LogP contribution >= 0.6 is 0 Å². The van der Waals surface area contributed by atoms with E-state index in [1.54, 1.807) is 17.0 Å². The molecule has 6 aromatic carbocycles. The van der Waals surface area contributed by atoms with Crippen molar-refractivity contribution in [2.75, 3.05) is 4.90 Å². The van der Waals surface area contributed by atoms with Gasteiger partial charge in [0, 0.05) is 17.1 Å². The second kappa shape index (κ2) is 9.32. The number of hydrogen-bond acceptors (Lipinski definition) is 1. The number of hydrogen-bond donors (Lipinski definition) is 0. The number of fused-ring (bicyclic) bond motifs is 1. The highest BCUT2D eigenvalue weighted by Gasteiger charge is 2.14. The summed E-state index contributed by atoms with van der Waals surface area (Å²) in [6, 6.07) is 26.0. The summed E-state index contributed by atoms with van der Waals surface area (Å²) < 4.78 is 76.9. The minimum Gasteiger partial charge on any atom is -0.310 e. The second-order valence-corrected chi connectivity index (χ2v) is 7.97. The summed E-state index contributed by atoms with van der Waals surface area (Å²) in [5.41, 5.74) is 2.33. The van der Waals surface area contributed by atoms with Crippen molar-refractivity contribution >= 4 is 27.8 Å². The Morgan fingerprint density at radius 2 is 1.11 bits per heavy atom. The number of para-hydroxylation sites is 1. The summed E-state index contributed by atoms with van der Waals surface area (Å²) in [5.74, 6) is 0. The van der Waals surface area contributed by atoms with E-state index in [4.69, 9.17) is 12.3 Å². The van der Waals surface area contributed by atoms with Gasteiger partial charge in [-0.3, -0.25) is 0 Å². The lowest BCUT2D eigenvalue weighted by atomic mass is 9.97. The number of benzene rings is 6. The zero-order chi connectivity index (χ0) is 31.3. The van der Waals surface area contributed by atoms with Crippen molar-refractivity contribution in [3.63, 3.8) is 0 Å². The lowest BCUT2D eigenvalue weighted by Crippen LogP contribution is -2.09. The van der Waals surface area contributed by atoms with Crippen LogP contribution in [0.1, 0.15) is 12.3 Å². The third-order valence-electron chi connectivity index (χ3n) is 5.80. The number of rotatable bonds is 5. The van der Waals surface area contributed by atoms with Crippen LogP contribution in [0.3, 0.4) is 0 Å². The summed E-state index contributed by atoms with van der Waals surface area (Å²) in [4.78, 5) is 1.65. The van der Waals surface area contributed by atoms with E-state index in [1.165, 1.54) is 0 Å². The van der Waals surface area contributed by atoms with Gasteiger partial charge in [-0.1, -0.05) is 115 Å². The van der Waals surface area contributed by atoms with Crippen LogP contribution in [0.25, 0.3) is 33.0 Å². The second-order valence-electron chi connectivity index (χ2n) is 7.97. The molecule has 0 unspecified atom stereocenters. The molecule has 0 aromatic heterocycles.